The first-order valence-corrected chi connectivity index (χ1v) is 9.84. The third-order valence-corrected chi connectivity index (χ3v) is 4.76. The number of aromatic nitrogens is 2. The SMILES string of the molecule is CCCCCn1nc(C(=O)Nc2ccc(OC(F)F)c(Cl)c2)c2ccccc2c1=O. The fourth-order valence-corrected chi connectivity index (χ4v) is 3.25. The molecule has 1 heterocycles. The van der Waals surface area contributed by atoms with Gasteiger partial charge in [-0.15, -0.1) is 0 Å². The minimum atomic E-state index is -3.01. The second kappa shape index (κ2) is 9.67. The van der Waals surface area contributed by atoms with Crippen LogP contribution in [0.4, 0.5) is 14.5 Å². The van der Waals surface area contributed by atoms with Gasteiger partial charge in [0.15, 0.2) is 5.69 Å². The second-order valence-electron chi connectivity index (χ2n) is 6.61. The molecule has 0 atom stereocenters. The van der Waals surface area contributed by atoms with E-state index < -0.39 is 12.5 Å². The van der Waals surface area contributed by atoms with Gasteiger partial charge >= 0.3 is 6.61 Å². The van der Waals surface area contributed by atoms with E-state index in [4.69, 9.17) is 11.6 Å². The molecule has 6 nitrogen and oxygen atoms in total. The summed E-state index contributed by atoms with van der Waals surface area (Å²) in [5.74, 6) is -0.744. The highest BCUT2D eigenvalue weighted by Gasteiger charge is 2.17. The van der Waals surface area contributed by atoms with Crippen LogP contribution >= 0.6 is 11.6 Å². The molecule has 0 saturated heterocycles. The first-order valence-electron chi connectivity index (χ1n) is 9.46. The van der Waals surface area contributed by atoms with Gasteiger partial charge in [0.2, 0.25) is 0 Å². The highest BCUT2D eigenvalue weighted by Crippen LogP contribution is 2.29. The minimum absolute atomic E-state index is 0.0737. The molecule has 0 spiro atoms. The largest absolute Gasteiger partial charge is 0.433 e. The molecule has 0 bridgehead atoms. The molecule has 0 aliphatic rings. The Hall–Kier alpha value is -3.00. The Kier molecular flexibility index (Phi) is 6.99. The number of nitrogens with one attached hydrogen (secondary N) is 1. The zero-order valence-electron chi connectivity index (χ0n) is 16.2. The second-order valence-corrected chi connectivity index (χ2v) is 7.01. The molecule has 1 amide bonds. The van der Waals surface area contributed by atoms with Gasteiger partial charge in [0.05, 0.1) is 10.4 Å². The number of anilines is 1. The molecule has 3 rings (SSSR count). The van der Waals surface area contributed by atoms with Crippen molar-refractivity contribution in [2.45, 2.75) is 39.3 Å². The number of hydrogen-bond acceptors (Lipinski definition) is 4. The smallest absolute Gasteiger partial charge is 0.387 e. The van der Waals surface area contributed by atoms with Crippen LogP contribution in [-0.4, -0.2) is 22.3 Å². The molecule has 0 aliphatic heterocycles. The van der Waals surface area contributed by atoms with E-state index in [9.17, 15) is 18.4 Å². The summed E-state index contributed by atoms with van der Waals surface area (Å²) >= 11 is 5.94. The molecule has 3 aromatic rings. The topological polar surface area (TPSA) is 73.2 Å². The molecule has 0 saturated carbocycles. The van der Waals surface area contributed by atoms with Gasteiger partial charge in [-0.25, -0.2) is 4.68 Å². The molecule has 0 aliphatic carbocycles. The van der Waals surface area contributed by atoms with Crippen molar-refractivity contribution in [3.8, 4) is 5.75 Å². The number of halogens is 3. The summed E-state index contributed by atoms with van der Waals surface area (Å²) in [4.78, 5) is 25.6. The third-order valence-electron chi connectivity index (χ3n) is 4.46. The lowest BCUT2D eigenvalue weighted by atomic mass is 10.1. The maximum atomic E-state index is 12.9. The highest BCUT2D eigenvalue weighted by molar-refractivity contribution is 6.32. The van der Waals surface area contributed by atoms with Crippen molar-refractivity contribution in [2.75, 3.05) is 5.32 Å². The Labute approximate surface area is 176 Å². The molecular formula is C21H20ClF2N3O3. The van der Waals surface area contributed by atoms with Gasteiger partial charge in [-0.05, 0) is 30.7 Å². The van der Waals surface area contributed by atoms with Crippen LogP contribution in [0.3, 0.4) is 0 Å². The van der Waals surface area contributed by atoms with E-state index in [1.807, 2.05) is 0 Å². The molecule has 30 heavy (non-hydrogen) atoms. The lowest BCUT2D eigenvalue weighted by Crippen LogP contribution is -2.27. The normalized spacial score (nSPS) is 11.1. The number of benzene rings is 2. The molecule has 1 N–H and O–H groups in total. The van der Waals surface area contributed by atoms with Crippen molar-refractivity contribution < 1.29 is 18.3 Å². The van der Waals surface area contributed by atoms with E-state index in [1.54, 1.807) is 24.3 Å². The van der Waals surface area contributed by atoms with Crippen LogP contribution in [0.25, 0.3) is 10.8 Å². The Morgan fingerprint density at radius 1 is 1.20 bits per heavy atom. The first-order chi connectivity index (χ1) is 14.4. The average molecular weight is 436 g/mol. The molecule has 2 aromatic carbocycles. The predicted molar refractivity (Wildman–Crippen MR) is 112 cm³/mol. The quantitative estimate of drug-likeness (QED) is 0.500. The summed E-state index contributed by atoms with van der Waals surface area (Å²) in [5.41, 5.74) is 0.113. The molecule has 158 valence electrons. The maximum Gasteiger partial charge on any atom is 0.387 e. The monoisotopic (exact) mass is 435 g/mol. The highest BCUT2D eigenvalue weighted by atomic mass is 35.5. The maximum absolute atomic E-state index is 12.9. The van der Waals surface area contributed by atoms with Gasteiger partial charge in [0.1, 0.15) is 5.75 Å². The number of carbonyl (C=O) groups is 1. The molecule has 0 radical (unpaired) electrons. The number of ether oxygens (including phenoxy) is 1. The summed E-state index contributed by atoms with van der Waals surface area (Å²) in [6, 6.07) is 10.7. The summed E-state index contributed by atoms with van der Waals surface area (Å²) in [7, 11) is 0. The summed E-state index contributed by atoms with van der Waals surface area (Å²) < 4.78 is 30.4. The Balaban J connectivity index is 1.93. The first kappa shape index (κ1) is 21.7. The average Bonchev–Trinajstić information content (AvgIpc) is 2.71. The number of alkyl halides is 2. The van der Waals surface area contributed by atoms with Crippen molar-refractivity contribution in [2.24, 2.45) is 0 Å². The predicted octanol–water partition coefficient (Wildman–Crippen LogP) is 5.09. The Morgan fingerprint density at radius 3 is 2.60 bits per heavy atom. The number of fused-ring (bicyclic) bond motifs is 1. The van der Waals surface area contributed by atoms with Crippen LogP contribution in [0.15, 0.2) is 47.3 Å². The number of unbranched alkanes of at least 4 members (excludes halogenated alkanes) is 2. The van der Waals surface area contributed by atoms with Crippen molar-refractivity contribution in [1.29, 1.82) is 0 Å². The number of hydrogen-bond donors (Lipinski definition) is 1. The van der Waals surface area contributed by atoms with Crippen LogP contribution in [0.1, 0.15) is 36.7 Å². The number of rotatable bonds is 8. The van der Waals surface area contributed by atoms with Crippen LogP contribution in [0.5, 0.6) is 5.75 Å². The van der Waals surface area contributed by atoms with Gasteiger partial charge in [0.25, 0.3) is 11.5 Å². The van der Waals surface area contributed by atoms with E-state index in [0.29, 0.717) is 17.3 Å². The fourth-order valence-electron chi connectivity index (χ4n) is 3.03. The molecule has 0 unspecified atom stereocenters. The van der Waals surface area contributed by atoms with E-state index in [2.05, 4.69) is 22.1 Å². The van der Waals surface area contributed by atoms with Crippen molar-refractivity contribution in [3.63, 3.8) is 0 Å². The summed E-state index contributed by atoms with van der Waals surface area (Å²) in [6.07, 6.45) is 2.69. The van der Waals surface area contributed by atoms with Crippen LogP contribution in [0, 0.1) is 0 Å². The van der Waals surface area contributed by atoms with Gasteiger partial charge < -0.3 is 10.1 Å². The van der Waals surface area contributed by atoms with Gasteiger partial charge in [-0.3, -0.25) is 9.59 Å². The van der Waals surface area contributed by atoms with Crippen LogP contribution < -0.4 is 15.6 Å². The van der Waals surface area contributed by atoms with Crippen molar-refractivity contribution in [3.05, 3.63) is 63.5 Å². The lowest BCUT2D eigenvalue weighted by Gasteiger charge is -2.12. The standard InChI is InChI=1S/C21H20ClF2N3O3/c1-2-3-6-11-27-20(29)15-8-5-4-7-14(15)18(26-27)19(28)25-13-9-10-17(16(22)12-13)30-21(23)24/h4-5,7-10,12,21H,2-3,6,11H2,1H3,(H,25,28). The number of amides is 1. The molecule has 9 heteroatoms. The number of aryl methyl sites for hydroxylation is 1. The van der Waals surface area contributed by atoms with Crippen molar-refractivity contribution in [1.82, 2.24) is 9.78 Å². The zero-order valence-corrected chi connectivity index (χ0v) is 17.0. The Morgan fingerprint density at radius 2 is 1.93 bits per heavy atom. The van der Waals surface area contributed by atoms with Gasteiger partial charge in [-0.2, -0.15) is 13.9 Å². The van der Waals surface area contributed by atoms with Gasteiger partial charge in [-0.1, -0.05) is 49.6 Å². The van der Waals surface area contributed by atoms with E-state index >= 15 is 0 Å². The molecule has 0 fully saturated rings. The van der Waals surface area contributed by atoms with E-state index in [-0.39, 0.29) is 27.7 Å². The van der Waals surface area contributed by atoms with Gasteiger partial charge in [0, 0.05) is 17.6 Å². The Bertz CT molecular complexity index is 1120. The molecular weight excluding hydrogens is 416 g/mol. The molecule has 1 aromatic heterocycles. The third kappa shape index (κ3) is 4.94. The summed E-state index contributed by atoms with van der Waals surface area (Å²) in [6.45, 7) is -0.547. The van der Waals surface area contributed by atoms with E-state index in [0.717, 1.165) is 19.3 Å². The number of nitrogens with zero attached hydrogens (tertiary/aromatic N) is 2. The minimum Gasteiger partial charge on any atom is -0.433 e. The number of carbonyl (C=O) groups excluding carboxylic acids is 1. The van der Waals surface area contributed by atoms with E-state index in [1.165, 1.54) is 22.9 Å². The van der Waals surface area contributed by atoms with Crippen LogP contribution in [-0.2, 0) is 6.54 Å². The summed E-state index contributed by atoms with van der Waals surface area (Å²) in [5, 5.41) is 7.67. The van der Waals surface area contributed by atoms with Crippen LogP contribution in [0.2, 0.25) is 5.02 Å². The van der Waals surface area contributed by atoms with Crippen molar-refractivity contribution >= 4 is 34.0 Å². The zero-order chi connectivity index (χ0) is 21.7. The lowest BCUT2D eigenvalue weighted by molar-refractivity contribution is -0.0497. The fraction of sp³-hybridized carbons (Fsp3) is 0.286.